The summed E-state index contributed by atoms with van der Waals surface area (Å²) < 4.78 is 5.08. The molecule has 30 heavy (non-hydrogen) atoms. The van der Waals surface area contributed by atoms with Gasteiger partial charge < -0.3 is 15.4 Å². The Hall–Kier alpha value is -3.19. The number of rotatable bonds is 10. The molecule has 0 atom stereocenters. The fourth-order valence-electron chi connectivity index (χ4n) is 2.76. The molecule has 7 heteroatoms. The van der Waals surface area contributed by atoms with E-state index in [2.05, 4.69) is 22.5 Å². The molecule has 0 bridgehead atoms. The molecule has 0 saturated carbocycles. The minimum absolute atomic E-state index is 0.184. The topological polar surface area (TPSA) is 80.3 Å². The molecule has 1 heterocycles. The number of nitrogens with one attached hydrogen (secondary N) is 2. The summed E-state index contributed by atoms with van der Waals surface area (Å²) in [7, 11) is 0. The van der Waals surface area contributed by atoms with Crippen LogP contribution in [-0.4, -0.2) is 23.5 Å². The third-order valence-electron chi connectivity index (χ3n) is 4.39. The number of aryl methyl sites for hydroxylation is 1. The second-order valence-electron chi connectivity index (χ2n) is 6.80. The van der Waals surface area contributed by atoms with E-state index in [1.807, 2.05) is 54.6 Å². The zero-order chi connectivity index (χ0) is 21.2. The summed E-state index contributed by atoms with van der Waals surface area (Å²) in [5.41, 5.74) is 3.22. The maximum absolute atomic E-state index is 12.1. The lowest BCUT2D eigenvalue weighted by Crippen LogP contribution is -2.21. The van der Waals surface area contributed by atoms with Gasteiger partial charge in [-0.1, -0.05) is 55.8 Å². The van der Waals surface area contributed by atoms with E-state index in [9.17, 15) is 9.59 Å². The molecule has 0 fully saturated rings. The van der Waals surface area contributed by atoms with Crippen LogP contribution in [0.2, 0.25) is 0 Å². The maximum Gasteiger partial charge on any atom is 0.358 e. The van der Waals surface area contributed by atoms with Crippen molar-refractivity contribution in [1.82, 2.24) is 4.98 Å². The van der Waals surface area contributed by atoms with Crippen LogP contribution in [0.25, 0.3) is 0 Å². The molecule has 1 aromatic heterocycles. The van der Waals surface area contributed by atoms with Crippen LogP contribution in [0.15, 0.2) is 60.0 Å². The molecule has 0 aliphatic heterocycles. The van der Waals surface area contributed by atoms with E-state index in [0.29, 0.717) is 17.4 Å². The van der Waals surface area contributed by atoms with Crippen LogP contribution < -0.4 is 10.6 Å². The van der Waals surface area contributed by atoms with Gasteiger partial charge in [-0.3, -0.25) is 4.79 Å². The average molecular weight is 424 g/mol. The molecule has 3 aromatic rings. The summed E-state index contributed by atoms with van der Waals surface area (Å²) in [5.74, 6) is -1.01. The van der Waals surface area contributed by atoms with Gasteiger partial charge in [-0.05, 0) is 36.1 Å². The summed E-state index contributed by atoms with van der Waals surface area (Å²) in [6, 6.07) is 17.6. The van der Waals surface area contributed by atoms with Crippen LogP contribution >= 0.6 is 11.3 Å². The Labute approximate surface area is 180 Å². The number of carbonyl (C=O) groups is 2. The molecular weight excluding hydrogens is 398 g/mol. The molecule has 0 radical (unpaired) electrons. The van der Waals surface area contributed by atoms with E-state index in [4.69, 9.17) is 4.74 Å². The predicted molar refractivity (Wildman–Crippen MR) is 120 cm³/mol. The van der Waals surface area contributed by atoms with Crippen molar-refractivity contribution in [3.63, 3.8) is 0 Å². The minimum atomic E-state index is -0.621. The van der Waals surface area contributed by atoms with Crippen LogP contribution in [0.4, 0.5) is 10.8 Å². The highest BCUT2D eigenvalue weighted by Crippen LogP contribution is 2.17. The molecular formula is C23H25N3O3S. The quantitative estimate of drug-likeness (QED) is 0.454. The lowest BCUT2D eigenvalue weighted by Gasteiger charge is -2.07. The first-order chi connectivity index (χ1) is 14.6. The lowest BCUT2D eigenvalue weighted by atomic mass is 10.1. The highest BCUT2D eigenvalue weighted by Gasteiger charge is 2.14. The van der Waals surface area contributed by atoms with Gasteiger partial charge >= 0.3 is 5.97 Å². The predicted octanol–water partition coefficient (Wildman–Crippen LogP) is 4.89. The monoisotopic (exact) mass is 423 g/mol. The van der Waals surface area contributed by atoms with Gasteiger partial charge in [0.1, 0.15) is 0 Å². The number of benzene rings is 2. The number of ether oxygens (including phenoxy) is 1. The summed E-state index contributed by atoms with van der Waals surface area (Å²) in [4.78, 5) is 28.4. The van der Waals surface area contributed by atoms with Gasteiger partial charge in [-0.15, -0.1) is 11.3 Å². The van der Waals surface area contributed by atoms with E-state index in [-0.39, 0.29) is 18.2 Å². The number of unbranched alkanes of at least 4 members (excludes halogenated alkanes) is 1. The number of thiazole rings is 1. The zero-order valence-corrected chi connectivity index (χ0v) is 17.7. The van der Waals surface area contributed by atoms with E-state index >= 15 is 0 Å². The molecule has 2 aromatic carbocycles. The first-order valence-corrected chi connectivity index (χ1v) is 10.8. The van der Waals surface area contributed by atoms with Crippen molar-refractivity contribution < 1.29 is 14.3 Å². The number of aromatic nitrogens is 1. The number of hydrogen-bond donors (Lipinski definition) is 2. The van der Waals surface area contributed by atoms with Gasteiger partial charge in [-0.25, -0.2) is 9.78 Å². The Bertz CT molecular complexity index is 955. The van der Waals surface area contributed by atoms with Gasteiger partial charge in [0.25, 0.3) is 5.91 Å². The molecule has 0 saturated heterocycles. The average Bonchev–Trinajstić information content (AvgIpc) is 3.25. The molecule has 0 aliphatic carbocycles. The normalized spacial score (nSPS) is 10.4. The smallest absolute Gasteiger partial charge is 0.358 e. The van der Waals surface area contributed by atoms with Crippen LogP contribution in [0, 0.1) is 0 Å². The minimum Gasteiger partial charge on any atom is -0.451 e. The van der Waals surface area contributed by atoms with Crippen LogP contribution in [0.5, 0.6) is 0 Å². The molecule has 1 amide bonds. The van der Waals surface area contributed by atoms with E-state index in [1.54, 1.807) is 5.38 Å². The molecule has 0 aliphatic rings. The number of esters is 1. The summed E-state index contributed by atoms with van der Waals surface area (Å²) in [6.07, 6.45) is 3.31. The number of carbonyl (C=O) groups excluding carboxylic acids is 2. The standard InChI is InChI=1S/C23H25N3O3S/c1-2-3-7-17-10-12-19(13-11-17)25-21(27)15-29-22(28)20-16-30-23(26-20)24-14-18-8-5-4-6-9-18/h4-6,8-13,16H,2-3,7,14-15H2,1H3,(H,24,26)(H,25,27). The van der Waals surface area contributed by atoms with Gasteiger partial charge in [0.2, 0.25) is 0 Å². The second kappa shape index (κ2) is 11.1. The first kappa shape index (κ1) is 21.5. The summed E-state index contributed by atoms with van der Waals surface area (Å²) in [6.45, 7) is 2.41. The SMILES string of the molecule is CCCCc1ccc(NC(=O)COC(=O)c2csc(NCc3ccccc3)n2)cc1. The van der Waals surface area contributed by atoms with Crippen molar-refractivity contribution in [2.24, 2.45) is 0 Å². The van der Waals surface area contributed by atoms with Gasteiger partial charge in [-0.2, -0.15) is 0 Å². The zero-order valence-electron chi connectivity index (χ0n) is 16.9. The fourth-order valence-corrected chi connectivity index (χ4v) is 3.44. The Morgan fingerprint density at radius 1 is 1.03 bits per heavy atom. The van der Waals surface area contributed by atoms with E-state index < -0.39 is 5.97 Å². The van der Waals surface area contributed by atoms with Gasteiger partial charge in [0.05, 0.1) is 0 Å². The second-order valence-corrected chi connectivity index (χ2v) is 7.66. The highest BCUT2D eigenvalue weighted by molar-refractivity contribution is 7.13. The molecule has 2 N–H and O–H groups in total. The summed E-state index contributed by atoms with van der Waals surface area (Å²) >= 11 is 1.32. The van der Waals surface area contributed by atoms with E-state index in [1.165, 1.54) is 16.9 Å². The van der Waals surface area contributed by atoms with Crippen molar-refractivity contribution in [3.05, 3.63) is 76.8 Å². The number of anilines is 2. The number of nitrogens with zero attached hydrogens (tertiary/aromatic N) is 1. The van der Waals surface area contributed by atoms with E-state index in [0.717, 1.165) is 24.8 Å². The Morgan fingerprint density at radius 3 is 2.53 bits per heavy atom. The van der Waals surface area contributed by atoms with Crippen molar-refractivity contribution in [1.29, 1.82) is 0 Å². The lowest BCUT2D eigenvalue weighted by molar-refractivity contribution is -0.119. The summed E-state index contributed by atoms with van der Waals surface area (Å²) in [5, 5.41) is 8.14. The third kappa shape index (κ3) is 6.70. The Kier molecular flexibility index (Phi) is 7.97. The van der Waals surface area contributed by atoms with Crippen LogP contribution in [-0.2, 0) is 22.5 Å². The van der Waals surface area contributed by atoms with Crippen molar-refractivity contribution in [2.75, 3.05) is 17.2 Å². The molecule has 0 spiro atoms. The first-order valence-electron chi connectivity index (χ1n) is 9.93. The third-order valence-corrected chi connectivity index (χ3v) is 5.19. The van der Waals surface area contributed by atoms with Gasteiger partial charge in [0, 0.05) is 17.6 Å². The molecule has 0 unspecified atom stereocenters. The maximum atomic E-state index is 12.1. The molecule has 6 nitrogen and oxygen atoms in total. The molecule has 3 rings (SSSR count). The Balaban J connectivity index is 1.42. The van der Waals surface area contributed by atoms with Crippen molar-refractivity contribution >= 4 is 34.0 Å². The van der Waals surface area contributed by atoms with Crippen LogP contribution in [0.1, 0.15) is 41.4 Å². The fraction of sp³-hybridized carbons (Fsp3) is 0.261. The Morgan fingerprint density at radius 2 is 1.80 bits per heavy atom. The highest BCUT2D eigenvalue weighted by atomic mass is 32.1. The van der Waals surface area contributed by atoms with Gasteiger partial charge in [0.15, 0.2) is 17.4 Å². The van der Waals surface area contributed by atoms with Crippen LogP contribution in [0.3, 0.4) is 0 Å². The van der Waals surface area contributed by atoms with Crippen molar-refractivity contribution in [3.8, 4) is 0 Å². The molecule has 156 valence electrons. The largest absolute Gasteiger partial charge is 0.451 e. The number of hydrogen-bond acceptors (Lipinski definition) is 6. The number of amides is 1. The van der Waals surface area contributed by atoms with Crippen molar-refractivity contribution in [2.45, 2.75) is 32.7 Å².